The van der Waals surface area contributed by atoms with E-state index < -0.39 is 23.0 Å². The van der Waals surface area contributed by atoms with Crippen LogP contribution in [0.25, 0.3) is 10.9 Å². The van der Waals surface area contributed by atoms with Crippen molar-refractivity contribution in [2.24, 2.45) is 0 Å². The molecule has 3 heterocycles. The second kappa shape index (κ2) is 8.18. The second-order valence-electron chi connectivity index (χ2n) is 7.86. The van der Waals surface area contributed by atoms with Crippen LogP contribution in [0.2, 0.25) is 0 Å². The van der Waals surface area contributed by atoms with Gasteiger partial charge in [0.2, 0.25) is 11.3 Å². The number of benzene rings is 1. The predicted molar refractivity (Wildman–Crippen MR) is 115 cm³/mol. The van der Waals surface area contributed by atoms with E-state index >= 15 is 8.78 Å². The Balaban J connectivity index is 1.85. The van der Waals surface area contributed by atoms with Gasteiger partial charge in [-0.1, -0.05) is 0 Å². The van der Waals surface area contributed by atoms with Gasteiger partial charge in [-0.25, -0.2) is 13.8 Å². The van der Waals surface area contributed by atoms with Crippen molar-refractivity contribution in [3.63, 3.8) is 0 Å². The van der Waals surface area contributed by atoms with Crippen LogP contribution in [0.5, 0.6) is 0 Å². The largest absolute Gasteiger partial charge is 0.363 e. The Labute approximate surface area is 182 Å². The minimum atomic E-state index is -0.884. The SMILES string of the molecule is CCn1cc(C(=O)n2ccnc2)c(=O)c2cc(F)c(N3CCN(C(C)=O)C(C)C3)c(F)c21. The van der Waals surface area contributed by atoms with Gasteiger partial charge in [-0.15, -0.1) is 0 Å². The first-order chi connectivity index (χ1) is 15.2. The summed E-state index contributed by atoms with van der Waals surface area (Å²) in [6, 6.07) is 0.772. The highest BCUT2D eigenvalue weighted by Gasteiger charge is 2.30. The molecule has 1 aliphatic rings. The summed E-state index contributed by atoms with van der Waals surface area (Å²) >= 11 is 0. The highest BCUT2D eigenvalue weighted by atomic mass is 19.1. The molecule has 1 saturated heterocycles. The molecule has 1 aromatic carbocycles. The van der Waals surface area contributed by atoms with Crippen LogP contribution in [0.1, 0.15) is 31.1 Å². The third-order valence-corrected chi connectivity index (χ3v) is 5.89. The summed E-state index contributed by atoms with van der Waals surface area (Å²) in [4.78, 5) is 44.5. The van der Waals surface area contributed by atoms with Gasteiger partial charge in [-0.05, 0) is 19.9 Å². The number of amides is 1. The van der Waals surface area contributed by atoms with Crippen LogP contribution in [0.4, 0.5) is 14.5 Å². The second-order valence-corrected chi connectivity index (χ2v) is 7.86. The number of nitrogens with zero attached hydrogens (tertiary/aromatic N) is 5. The van der Waals surface area contributed by atoms with E-state index in [9.17, 15) is 14.4 Å². The molecule has 1 amide bonds. The molecule has 1 unspecified atom stereocenters. The molecule has 0 aliphatic carbocycles. The lowest BCUT2D eigenvalue weighted by atomic mass is 10.1. The van der Waals surface area contributed by atoms with Crippen molar-refractivity contribution in [2.75, 3.05) is 24.5 Å². The maximum Gasteiger partial charge on any atom is 0.268 e. The number of aromatic nitrogens is 3. The van der Waals surface area contributed by atoms with Gasteiger partial charge in [0.05, 0.1) is 10.9 Å². The Kier molecular flexibility index (Phi) is 5.53. The van der Waals surface area contributed by atoms with E-state index in [2.05, 4.69) is 4.98 Å². The number of carbonyl (C=O) groups is 2. The number of imidazole rings is 1. The van der Waals surface area contributed by atoms with Gasteiger partial charge in [-0.3, -0.25) is 19.0 Å². The first-order valence-electron chi connectivity index (χ1n) is 10.3. The van der Waals surface area contributed by atoms with Crippen LogP contribution in [0, 0.1) is 11.6 Å². The molecule has 0 N–H and O–H groups in total. The molecule has 0 bridgehead atoms. The van der Waals surface area contributed by atoms with Crippen molar-refractivity contribution in [3.8, 4) is 0 Å². The van der Waals surface area contributed by atoms with Gasteiger partial charge < -0.3 is 14.4 Å². The molecule has 3 aromatic rings. The first kappa shape index (κ1) is 21.7. The van der Waals surface area contributed by atoms with Gasteiger partial charge in [0.15, 0.2) is 5.82 Å². The van der Waals surface area contributed by atoms with Crippen molar-refractivity contribution in [2.45, 2.75) is 33.4 Å². The zero-order valence-electron chi connectivity index (χ0n) is 18.0. The first-order valence-corrected chi connectivity index (χ1v) is 10.3. The molecule has 1 aliphatic heterocycles. The molecular weight excluding hydrogens is 420 g/mol. The van der Waals surface area contributed by atoms with Crippen LogP contribution in [-0.4, -0.2) is 56.5 Å². The smallest absolute Gasteiger partial charge is 0.268 e. The van der Waals surface area contributed by atoms with E-state index in [-0.39, 0.29) is 53.7 Å². The minimum absolute atomic E-state index is 0.0577. The summed E-state index contributed by atoms with van der Waals surface area (Å²) in [6.45, 7) is 6.14. The van der Waals surface area contributed by atoms with Crippen molar-refractivity contribution in [1.82, 2.24) is 19.0 Å². The monoisotopic (exact) mass is 443 g/mol. The quantitative estimate of drug-likeness (QED) is 0.620. The number of piperazine rings is 1. The van der Waals surface area contributed by atoms with Crippen molar-refractivity contribution in [3.05, 3.63) is 58.4 Å². The maximum absolute atomic E-state index is 15.7. The summed E-state index contributed by atoms with van der Waals surface area (Å²) < 4.78 is 33.4. The fourth-order valence-electron chi connectivity index (χ4n) is 4.32. The molecule has 32 heavy (non-hydrogen) atoms. The highest BCUT2D eigenvalue weighted by molar-refractivity contribution is 5.99. The number of fused-ring (bicyclic) bond motifs is 1. The number of carbonyl (C=O) groups excluding carboxylic acids is 2. The Morgan fingerprint density at radius 3 is 2.59 bits per heavy atom. The Bertz CT molecular complexity index is 1270. The van der Waals surface area contributed by atoms with E-state index in [0.717, 1.165) is 10.6 Å². The molecule has 4 rings (SSSR count). The molecule has 0 spiro atoms. The minimum Gasteiger partial charge on any atom is -0.363 e. The van der Waals surface area contributed by atoms with Crippen LogP contribution in [0.3, 0.4) is 0 Å². The third kappa shape index (κ3) is 3.45. The fourth-order valence-corrected chi connectivity index (χ4v) is 4.32. The van der Waals surface area contributed by atoms with Crippen LogP contribution >= 0.6 is 0 Å². The van der Waals surface area contributed by atoms with Gasteiger partial charge in [0, 0.05) is 57.7 Å². The molecule has 168 valence electrons. The summed E-state index contributed by atoms with van der Waals surface area (Å²) in [5.74, 6) is -2.46. The van der Waals surface area contributed by atoms with Gasteiger partial charge in [0.1, 0.15) is 23.4 Å². The Morgan fingerprint density at radius 1 is 1.25 bits per heavy atom. The lowest BCUT2D eigenvalue weighted by molar-refractivity contribution is -0.131. The van der Waals surface area contributed by atoms with Crippen molar-refractivity contribution in [1.29, 1.82) is 0 Å². The number of anilines is 1. The summed E-state index contributed by atoms with van der Waals surface area (Å²) in [7, 11) is 0. The molecule has 0 radical (unpaired) electrons. The van der Waals surface area contributed by atoms with Crippen molar-refractivity contribution >= 4 is 28.4 Å². The van der Waals surface area contributed by atoms with Crippen LogP contribution in [0.15, 0.2) is 35.8 Å². The summed E-state index contributed by atoms with van der Waals surface area (Å²) in [5.41, 5.74) is -1.24. The average Bonchev–Trinajstić information content (AvgIpc) is 3.29. The summed E-state index contributed by atoms with van der Waals surface area (Å²) in [6.07, 6.45) is 5.35. The number of hydrogen-bond donors (Lipinski definition) is 0. The van der Waals surface area contributed by atoms with E-state index in [4.69, 9.17) is 0 Å². The number of hydrogen-bond acceptors (Lipinski definition) is 5. The van der Waals surface area contributed by atoms with Crippen LogP contribution < -0.4 is 10.3 Å². The topological polar surface area (TPSA) is 80.4 Å². The van der Waals surface area contributed by atoms with E-state index in [1.807, 2.05) is 6.92 Å². The van der Waals surface area contributed by atoms with E-state index in [1.54, 1.807) is 16.7 Å². The maximum atomic E-state index is 15.7. The standard InChI is InChI=1S/C22H23F2N5O3/c1-4-26-11-16(22(32)28-6-5-25-12-28)21(31)15-9-17(23)20(18(24)19(15)26)27-7-8-29(14(3)30)13(2)10-27/h5-6,9,11-13H,4,7-8,10H2,1-3H3. The zero-order valence-corrected chi connectivity index (χ0v) is 18.0. The molecule has 1 fully saturated rings. The van der Waals surface area contributed by atoms with Crippen LogP contribution in [-0.2, 0) is 11.3 Å². The molecule has 1 atom stereocenters. The number of rotatable bonds is 3. The molecule has 0 saturated carbocycles. The lowest BCUT2D eigenvalue weighted by Gasteiger charge is -2.40. The molecule has 8 nitrogen and oxygen atoms in total. The molecular formula is C22H23F2N5O3. The van der Waals surface area contributed by atoms with E-state index in [0.29, 0.717) is 6.54 Å². The number of aryl methyl sites for hydroxylation is 1. The predicted octanol–water partition coefficient (Wildman–Crippen LogP) is 2.24. The van der Waals surface area contributed by atoms with Gasteiger partial charge in [0.25, 0.3) is 5.91 Å². The third-order valence-electron chi connectivity index (χ3n) is 5.89. The Morgan fingerprint density at radius 2 is 2.00 bits per heavy atom. The molecule has 2 aromatic heterocycles. The zero-order chi connectivity index (χ0) is 23.2. The van der Waals surface area contributed by atoms with Crippen molar-refractivity contribution < 1.29 is 18.4 Å². The number of halogens is 2. The molecule has 10 heteroatoms. The highest BCUT2D eigenvalue weighted by Crippen LogP contribution is 2.31. The Hall–Kier alpha value is -3.56. The van der Waals surface area contributed by atoms with E-state index in [1.165, 1.54) is 36.4 Å². The average molecular weight is 443 g/mol. The lowest BCUT2D eigenvalue weighted by Crippen LogP contribution is -2.54. The van der Waals surface area contributed by atoms with Gasteiger partial charge >= 0.3 is 0 Å². The van der Waals surface area contributed by atoms with Gasteiger partial charge in [-0.2, -0.15) is 0 Å². The summed E-state index contributed by atoms with van der Waals surface area (Å²) in [5, 5.41) is -0.202. The number of pyridine rings is 1. The normalized spacial score (nSPS) is 16.6. The fraction of sp³-hybridized carbons (Fsp3) is 0.364.